The molecule has 0 amide bonds. The van der Waals surface area contributed by atoms with Gasteiger partial charge in [0.05, 0.1) is 0 Å². The third-order valence-corrected chi connectivity index (χ3v) is 1.37. The van der Waals surface area contributed by atoms with Gasteiger partial charge in [-0.1, -0.05) is 6.07 Å². The predicted octanol–water partition coefficient (Wildman–Crippen LogP) is 1.63. The SMILES string of the molecule is CC(=O)Oc1cc(C)ccc1O. The number of rotatable bonds is 1. The second-order valence-electron chi connectivity index (χ2n) is 2.56. The Hall–Kier alpha value is -1.51. The van der Waals surface area contributed by atoms with E-state index in [1.54, 1.807) is 12.1 Å². The number of aromatic hydroxyl groups is 1. The Labute approximate surface area is 70.6 Å². The molecule has 0 heterocycles. The van der Waals surface area contributed by atoms with E-state index in [0.29, 0.717) is 0 Å². The second kappa shape index (κ2) is 3.26. The first-order valence-electron chi connectivity index (χ1n) is 3.57. The lowest BCUT2D eigenvalue weighted by atomic mass is 10.2. The molecular formula is C9H10O3. The van der Waals surface area contributed by atoms with Crippen LogP contribution in [0.5, 0.6) is 11.5 Å². The Kier molecular flexibility index (Phi) is 2.33. The van der Waals surface area contributed by atoms with Gasteiger partial charge in [-0.25, -0.2) is 0 Å². The Morgan fingerprint density at radius 1 is 1.50 bits per heavy atom. The normalized spacial score (nSPS) is 9.50. The molecular weight excluding hydrogens is 156 g/mol. The summed E-state index contributed by atoms with van der Waals surface area (Å²) >= 11 is 0. The summed E-state index contributed by atoms with van der Waals surface area (Å²) in [4.78, 5) is 10.5. The predicted molar refractivity (Wildman–Crippen MR) is 44.2 cm³/mol. The van der Waals surface area contributed by atoms with E-state index in [2.05, 4.69) is 0 Å². The number of hydrogen-bond donors (Lipinski definition) is 1. The molecule has 0 aromatic heterocycles. The number of ether oxygens (including phenoxy) is 1. The monoisotopic (exact) mass is 166 g/mol. The van der Waals surface area contributed by atoms with Gasteiger partial charge in [-0.3, -0.25) is 4.79 Å². The van der Waals surface area contributed by atoms with E-state index in [9.17, 15) is 9.90 Å². The van der Waals surface area contributed by atoms with Gasteiger partial charge in [-0.05, 0) is 24.6 Å². The minimum atomic E-state index is -0.434. The van der Waals surface area contributed by atoms with Crippen LogP contribution in [0.1, 0.15) is 12.5 Å². The largest absolute Gasteiger partial charge is 0.504 e. The van der Waals surface area contributed by atoms with Crippen molar-refractivity contribution < 1.29 is 14.6 Å². The van der Waals surface area contributed by atoms with Gasteiger partial charge in [0, 0.05) is 6.92 Å². The van der Waals surface area contributed by atoms with Crippen LogP contribution in [0.3, 0.4) is 0 Å². The van der Waals surface area contributed by atoms with Crippen LogP contribution in [-0.4, -0.2) is 11.1 Å². The third kappa shape index (κ3) is 1.99. The minimum absolute atomic E-state index is 0.0178. The molecule has 0 aliphatic carbocycles. The van der Waals surface area contributed by atoms with Crippen LogP contribution in [-0.2, 0) is 4.79 Å². The Morgan fingerprint density at radius 3 is 2.75 bits per heavy atom. The summed E-state index contributed by atoms with van der Waals surface area (Å²) in [5, 5.41) is 9.21. The van der Waals surface area contributed by atoms with Crippen molar-refractivity contribution >= 4 is 5.97 Å². The molecule has 0 aliphatic heterocycles. The maximum atomic E-state index is 10.5. The van der Waals surface area contributed by atoms with E-state index in [-0.39, 0.29) is 11.5 Å². The summed E-state index contributed by atoms with van der Waals surface area (Å²) in [5.74, 6) is -0.241. The maximum absolute atomic E-state index is 10.5. The van der Waals surface area contributed by atoms with Gasteiger partial charge < -0.3 is 9.84 Å². The zero-order valence-electron chi connectivity index (χ0n) is 7.00. The Bertz CT molecular complexity index is 305. The number of phenolic OH excluding ortho intramolecular Hbond substituents is 1. The molecule has 3 heteroatoms. The van der Waals surface area contributed by atoms with Crippen molar-refractivity contribution in [1.29, 1.82) is 0 Å². The summed E-state index contributed by atoms with van der Waals surface area (Å²) in [6.45, 7) is 3.15. The molecule has 0 saturated heterocycles. The van der Waals surface area contributed by atoms with E-state index in [0.717, 1.165) is 5.56 Å². The highest BCUT2D eigenvalue weighted by atomic mass is 16.5. The van der Waals surface area contributed by atoms with Crippen molar-refractivity contribution in [3.8, 4) is 11.5 Å². The Balaban J connectivity index is 2.97. The number of esters is 1. The molecule has 0 aliphatic rings. The van der Waals surface area contributed by atoms with Crippen LogP contribution in [0.4, 0.5) is 0 Å². The molecule has 12 heavy (non-hydrogen) atoms. The van der Waals surface area contributed by atoms with Crippen molar-refractivity contribution in [2.45, 2.75) is 13.8 Å². The van der Waals surface area contributed by atoms with Crippen molar-refractivity contribution in [3.05, 3.63) is 23.8 Å². The van der Waals surface area contributed by atoms with Crippen LogP contribution in [0.15, 0.2) is 18.2 Å². The average molecular weight is 166 g/mol. The quantitative estimate of drug-likeness (QED) is 0.509. The standard InChI is InChI=1S/C9H10O3/c1-6-3-4-8(11)9(5-6)12-7(2)10/h3-5,11H,1-2H3. The van der Waals surface area contributed by atoms with Crippen molar-refractivity contribution in [2.24, 2.45) is 0 Å². The molecule has 0 bridgehead atoms. The smallest absolute Gasteiger partial charge is 0.308 e. The van der Waals surface area contributed by atoms with Gasteiger partial charge in [0.25, 0.3) is 0 Å². The van der Waals surface area contributed by atoms with Crippen LogP contribution in [0.2, 0.25) is 0 Å². The molecule has 3 nitrogen and oxygen atoms in total. The first-order chi connectivity index (χ1) is 5.59. The number of aryl methyl sites for hydroxylation is 1. The van der Waals surface area contributed by atoms with Gasteiger partial charge >= 0.3 is 5.97 Å². The first-order valence-corrected chi connectivity index (χ1v) is 3.57. The van der Waals surface area contributed by atoms with Gasteiger partial charge in [-0.15, -0.1) is 0 Å². The average Bonchev–Trinajstić information content (AvgIpc) is 1.96. The van der Waals surface area contributed by atoms with Gasteiger partial charge in [0.2, 0.25) is 0 Å². The van der Waals surface area contributed by atoms with Crippen molar-refractivity contribution in [1.82, 2.24) is 0 Å². The molecule has 0 fully saturated rings. The fourth-order valence-electron chi connectivity index (χ4n) is 0.858. The van der Waals surface area contributed by atoms with Crippen LogP contribution in [0, 0.1) is 6.92 Å². The van der Waals surface area contributed by atoms with Gasteiger partial charge in [-0.2, -0.15) is 0 Å². The highest BCUT2D eigenvalue weighted by molar-refractivity contribution is 5.70. The topological polar surface area (TPSA) is 46.5 Å². The van der Waals surface area contributed by atoms with E-state index < -0.39 is 5.97 Å². The molecule has 1 aromatic carbocycles. The third-order valence-electron chi connectivity index (χ3n) is 1.37. The molecule has 0 spiro atoms. The van der Waals surface area contributed by atoms with Crippen molar-refractivity contribution in [3.63, 3.8) is 0 Å². The van der Waals surface area contributed by atoms with E-state index >= 15 is 0 Å². The van der Waals surface area contributed by atoms with Gasteiger partial charge in [0.15, 0.2) is 11.5 Å². The highest BCUT2D eigenvalue weighted by Crippen LogP contribution is 2.26. The summed E-state index contributed by atoms with van der Waals surface area (Å²) < 4.78 is 4.74. The lowest BCUT2D eigenvalue weighted by Gasteiger charge is -2.03. The van der Waals surface area contributed by atoms with Crippen LogP contribution < -0.4 is 4.74 Å². The second-order valence-corrected chi connectivity index (χ2v) is 2.56. The number of benzene rings is 1. The summed E-state index contributed by atoms with van der Waals surface area (Å²) in [5.41, 5.74) is 0.934. The van der Waals surface area contributed by atoms with Crippen molar-refractivity contribution in [2.75, 3.05) is 0 Å². The molecule has 0 radical (unpaired) electrons. The van der Waals surface area contributed by atoms with Crippen LogP contribution in [0.25, 0.3) is 0 Å². The fraction of sp³-hybridized carbons (Fsp3) is 0.222. The lowest BCUT2D eigenvalue weighted by Crippen LogP contribution is -2.01. The molecule has 1 rings (SSSR count). The molecule has 0 atom stereocenters. The fourth-order valence-corrected chi connectivity index (χ4v) is 0.858. The zero-order valence-corrected chi connectivity index (χ0v) is 7.00. The summed E-state index contributed by atoms with van der Waals surface area (Å²) in [6, 6.07) is 4.84. The maximum Gasteiger partial charge on any atom is 0.308 e. The number of carbonyl (C=O) groups excluding carboxylic acids is 1. The van der Waals surface area contributed by atoms with Gasteiger partial charge in [0.1, 0.15) is 0 Å². The van der Waals surface area contributed by atoms with E-state index in [1.807, 2.05) is 6.92 Å². The van der Waals surface area contributed by atoms with E-state index in [4.69, 9.17) is 4.74 Å². The highest BCUT2D eigenvalue weighted by Gasteiger charge is 2.03. The molecule has 64 valence electrons. The molecule has 1 aromatic rings. The first kappa shape index (κ1) is 8.59. The molecule has 0 unspecified atom stereocenters. The summed E-state index contributed by atoms with van der Waals surface area (Å²) in [7, 11) is 0. The number of carbonyl (C=O) groups is 1. The number of hydrogen-bond acceptors (Lipinski definition) is 3. The lowest BCUT2D eigenvalue weighted by molar-refractivity contribution is -0.132. The number of phenols is 1. The van der Waals surface area contributed by atoms with Crippen LogP contribution >= 0.6 is 0 Å². The van der Waals surface area contributed by atoms with E-state index in [1.165, 1.54) is 13.0 Å². The Morgan fingerprint density at radius 2 is 2.17 bits per heavy atom. The molecule has 1 N–H and O–H groups in total. The zero-order chi connectivity index (χ0) is 9.14. The minimum Gasteiger partial charge on any atom is -0.504 e. The summed E-state index contributed by atoms with van der Waals surface area (Å²) in [6.07, 6.45) is 0. The molecule has 0 saturated carbocycles.